The zero-order chi connectivity index (χ0) is 14.1. The number of hydrogen-bond acceptors (Lipinski definition) is 3. The molecule has 0 aliphatic heterocycles. The lowest BCUT2D eigenvalue weighted by molar-refractivity contribution is 0.728. The predicted molar refractivity (Wildman–Crippen MR) is 81.7 cm³/mol. The molecule has 106 valence electrons. The summed E-state index contributed by atoms with van der Waals surface area (Å²) in [7, 11) is 5.77. The Morgan fingerprint density at radius 1 is 1.37 bits per heavy atom. The second-order valence-electron chi connectivity index (χ2n) is 4.62. The average Bonchev–Trinajstić information content (AvgIpc) is 2.43. The molecule has 0 spiro atoms. The number of aromatic nitrogens is 1. The monoisotopic (exact) mass is 263 g/mol. The third-order valence-electron chi connectivity index (χ3n) is 2.77. The van der Waals surface area contributed by atoms with E-state index in [2.05, 4.69) is 33.6 Å². The van der Waals surface area contributed by atoms with Gasteiger partial charge < -0.3 is 15.5 Å². The number of unbranched alkanes of at least 4 members (excludes halogenated alkanes) is 1. The van der Waals surface area contributed by atoms with E-state index in [0.29, 0.717) is 0 Å². The summed E-state index contributed by atoms with van der Waals surface area (Å²) < 4.78 is 0. The van der Waals surface area contributed by atoms with Gasteiger partial charge >= 0.3 is 0 Å². The first-order valence-electron chi connectivity index (χ1n) is 6.74. The van der Waals surface area contributed by atoms with Crippen LogP contribution in [-0.4, -0.2) is 38.6 Å². The zero-order valence-corrected chi connectivity index (χ0v) is 12.4. The summed E-state index contributed by atoms with van der Waals surface area (Å²) >= 11 is 0. The molecular formula is C14H25N5. The highest BCUT2D eigenvalue weighted by molar-refractivity contribution is 5.79. The predicted octanol–water partition coefficient (Wildman–Crippen LogP) is 1.61. The van der Waals surface area contributed by atoms with Crippen molar-refractivity contribution in [2.24, 2.45) is 4.99 Å². The van der Waals surface area contributed by atoms with Gasteiger partial charge in [0.15, 0.2) is 5.96 Å². The molecule has 2 N–H and O–H groups in total. The van der Waals surface area contributed by atoms with Crippen LogP contribution in [0.25, 0.3) is 0 Å². The topological polar surface area (TPSA) is 52.6 Å². The van der Waals surface area contributed by atoms with Crippen LogP contribution in [0, 0.1) is 0 Å². The molecule has 0 fully saturated rings. The molecule has 1 heterocycles. The van der Waals surface area contributed by atoms with E-state index in [4.69, 9.17) is 0 Å². The minimum Gasteiger partial charge on any atom is -0.363 e. The van der Waals surface area contributed by atoms with Gasteiger partial charge in [-0.05, 0) is 24.1 Å². The van der Waals surface area contributed by atoms with Gasteiger partial charge in [0.25, 0.3) is 0 Å². The summed E-state index contributed by atoms with van der Waals surface area (Å²) in [4.78, 5) is 10.5. The van der Waals surface area contributed by atoms with E-state index in [9.17, 15) is 0 Å². The van der Waals surface area contributed by atoms with E-state index in [1.54, 1.807) is 7.05 Å². The van der Waals surface area contributed by atoms with E-state index >= 15 is 0 Å². The Morgan fingerprint density at radius 3 is 2.79 bits per heavy atom. The Balaban J connectivity index is 2.48. The highest BCUT2D eigenvalue weighted by Gasteiger charge is 2.01. The van der Waals surface area contributed by atoms with Crippen molar-refractivity contribution in [3.63, 3.8) is 0 Å². The summed E-state index contributed by atoms with van der Waals surface area (Å²) in [6.07, 6.45) is 4.17. The highest BCUT2D eigenvalue weighted by Crippen LogP contribution is 2.08. The van der Waals surface area contributed by atoms with Crippen molar-refractivity contribution in [1.29, 1.82) is 0 Å². The van der Waals surface area contributed by atoms with Crippen molar-refractivity contribution in [2.75, 3.05) is 32.6 Å². The number of nitrogens with zero attached hydrogens (tertiary/aromatic N) is 3. The number of guanidine groups is 1. The minimum absolute atomic E-state index is 0.745. The molecule has 0 bridgehead atoms. The first-order chi connectivity index (χ1) is 9.17. The van der Waals surface area contributed by atoms with Crippen LogP contribution in [0.2, 0.25) is 0 Å². The lowest BCUT2D eigenvalue weighted by atomic mass is 10.2. The second kappa shape index (κ2) is 8.34. The third-order valence-corrected chi connectivity index (χ3v) is 2.77. The van der Waals surface area contributed by atoms with Crippen molar-refractivity contribution in [3.8, 4) is 0 Å². The van der Waals surface area contributed by atoms with E-state index in [1.165, 1.54) is 12.0 Å². The number of nitrogens with one attached hydrogen (secondary N) is 2. The molecule has 5 heteroatoms. The summed E-state index contributed by atoms with van der Waals surface area (Å²) in [6.45, 7) is 3.88. The summed E-state index contributed by atoms with van der Waals surface area (Å²) in [6, 6.07) is 4.09. The number of hydrogen-bond donors (Lipinski definition) is 2. The first kappa shape index (κ1) is 15.3. The summed E-state index contributed by atoms with van der Waals surface area (Å²) in [5.74, 6) is 1.81. The lowest BCUT2D eigenvalue weighted by Gasteiger charge is -2.14. The molecule has 0 aromatic carbocycles. The second-order valence-corrected chi connectivity index (χ2v) is 4.62. The molecule has 1 aromatic heterocycles. The molecule has 0 unspecified atom stereocenters. The normalized spacial score (nSPS) is 11.3. The number of aliphatic imine (C=N–C) groups is 1. The van der Waals surface area contributed by atoms with E-state index in [1.807, 2.05) is 31.3 Å². The van der Waals surface area contributed by atoms with E-state index < -0.39 is 0 Å². The van der Waals surface area contributed by atoms with Gasteiger partial charge in [0, 0.05) is 40.4 Å². The molecule has 0 atom stereocenters. The van der Waals surface area contributed by atoms with E-state index in [-0.39, 0.29) is 0 Å². The maximum Gasteiger partial charge on any atom is 0.191 e. The SMILES string of the molecule is CCCCNC(=NC)NCc1ccnc(N(C)C)c1. The summed E-state index contributed by atoms with van der Waals surface area (Å²) in [5.41, 5.74) is 1.19. The molecule has 5 nitrogen and oxygen atoms in total. The fraction of sp³-hybridized carbons (Fsp3) is 0.571. The fourth-order valence-electron chi connectivity index (χ4n) is 1.61. The van der Waals surface area contributed by atoms with Gasteiger partial charge in [0.05, 0.1) is 0 Å². The molecule has 0 aliphatic rings. The van der Waals surface area contributed by atoms with Crippen LogP contribution in [0.1, 0.15) is 25.3 Å². The smallest absolute Gasteiger partial charge is 0.191 e. The van der Waals surface area contributed by atoms with Crippen LogP contribution in [-0.2, 0) is 6.54 Å². The van der Waals surface area contributed by atoms with Gasteiger partial charge in [0.2, 0.25) is 0 Å². The maximum absolute atomic E-state index is 4.30. The molecule has 0 saturated carbocycles. The molecule has 0 aliphatic carbocycles. The Kier molecular flexibility index (Phi) is 6.71. The standard InChI is InChI=1S/C14H25N5/c1-5-6-8-17-14(15-2)18-11-12-7-9-16-13(10-12)19(3)4/h7,9-10H,5-6,8,11H2,1-4H3,(H2,15,17,18). The van der Waals surface area contributed by atoms with Crippen LogP contribution in [0.15, 0.2) is 23.3 Å². The number of rotatable bonds is 6. The van der Waals surface area contributed by atoms with Crippen molar-refractivity contribution < 1.29 is 0 Å². The highest BCUT2D eigenvalue weighted by atomic mass is 15.2. The summed E-state index contributed by atoms with van der Waals surface area (Å²) in [5, 5.41) is 6.59. The van der Waals surface area contributed by atoms with Crippen LogP contribution in [0.3, 0.4) is 0 Å². The average molecular weight is 263 g/mol. The van der Waals surface area contributed by atoms with Gasteiger partial charge in [-0.25, -0.2) is 4.98 Å². The van der Waals surface area contributed by atoms with Crippen molar-refractivity contribution >= 4 is 11.8 Å². The molecule has 1 rings (SSSR count). The third kappa shape index (κ3) is 5.59. The van der Waals surface area contributed by atoms with Crippen LogP contribution >= 0.6 is 0 Å². The Bertz CT molecular complexity index is 401. The largest absolute Gasteiger partial charge is 0.363 e. The van der Waals surface area contributed by atoms with E-state index in [0.717, 1.165) is 31.3 Å². The molecule has 0 saturated heterocycles. The molecule has 1 aromatic rings. The van der Waals surface area contributed by atoms with Crippen LogP contribution < -0.4 is 15.5 Å². The van der Waals surface area contributed by atoms with Gasteiger partial charge in [-0.15, -0.1) is 0 Å². The maximum atomic E-state index is 4.30. The lowest BCUT2D eigenvalue weighted by Crippen LogP contribution is -2.37. The Labute approximate surface area is 116 Å². The van der Waals surface area contributed by atoms with Gasteiger partial charge in [-0.1, -0.05) is 13.3 Å². The van der Waals surface area contributed by atoms with Crippen molar-refractivity contribution in [2.45, 2.75) is 26.3 Å². The number of anilines is 1. The molecule has 0 amide bonds. The quantitative estimate of drug-likeness (QED) is 0.465. The molecule has 19 heavy (non-hydrogen) atoms. The van der Waals surface area contributed by atoms with Gasteiger partial charge in [-0.3, -0.25) is 4.99 Å². The minimum atomic E-state index is 0.745. The van der Waals surface area contributed by atoms with Crippen LogP contribution in [0.5, 0.6) is 0 Å². The fourth-order valence-corrected chi connectivity index (χ4v) is 1.61. The Morgan fingerprint density at radius 2 is 2.16 bits per heavy atom. The van der Waals surface area contributed by atoms with Crippen LogP contribution in [0.4, 0.5) is 5.82 Å². The first-order valence-corrected chi connectivity index (χ1v) is 6.74. The molecular weight excluding hydrogens is 238 g/mol. The van der Waals surface area contributed by atoms with Gasteiger partial charge in [-0.2, -0.15) is 0 Å². The molecule has 0 radical (unpaired) electrons. The zero-order valence-electron chi connectivity index (χ0n) is 12.4. The van der Waals surface area contributed by atoms with Crippen molar-refractivity contribution in [3.05, 3.63) is 23.9 Å². The van der Waals surface area contributed by atoms with Gasteiger partial charge in [0.1, 0.15) is 5.82 Å². The Hall–Kier alpha value is -1.78. The number of pyridine rings is 1. The van der Waals surface area contributed by atoms with Crippen molar-refractivity contribution in [1.82, 2.24) is 15.6 Å².